The van der Waals surface area contributed by atoms with Crippen molar-refractivity contribution in [2.45, 2.75) is 37.8 Å². The summed E-state index contributed by atoms with van der Waals surface area (Å²) in [5.41, 5.74) is 5.99. The van der Waals surface area contributed by atoms with E-state index >= 15 is 0 Å². The number of hydrogen-bond acceptors (Lipinski definition) is 5. The van der Waals surface area contributed by atoms with E-state index in [1.807, 2.05) is 0 Å². The van der Waals surface area contributed by atoms with Crippen molar-refractivity contribution in [2.75, 3.05) is 5.32 Å². The summed E-state index contributed by atoms with van der Waals surface area (Å²) >= 11 is 1.39. The molecule has 5 heteroatoms. The molecule has 1 heterocycles. The molecule has 0 saturated heterocycles. The lowest BCUT2D eigenvalue weighted by molar-refractivity contribution is 0.404. The van der Waals surface area contributed by atoms with Gasteiger partial charge in [-0.1, -0.05) is 12.8 Å². The van der Waals surface area contributed by atoms with Crippen LogP contribution in [0.3, 0.4) is 0 Å². The van der Waals surface area contributed by atoms with Crippen molar-refractivity contribution in [2.24, 2.45) is 5.73 Å². The number of anilines is 1. The number of nitrogens with two attached hydrogens (primary N) is 1. The van der Waals surface area contributed by atoms with Crippen LogP contribution in [0.15, 0.2) is 6.33 Å². The van der Waals surface area contributed by atoms with E-state index in [0.717, 1.165) is 18.0 Å². The number of rotatable bonds is 2. The van der Waals surface area contributed by atoms with Crippen LogP contribution in [-0.4, -0.2) is 21.4 Å². The lowest BCUT2D eigenvalue weighted by Crippen LogP contribution is -2.42. The third-order valence-electron chi connectivity index (χ3n) is 2.49. The summed E-state index contributed by atoms with van der Waals surface area (Å²) in [4.78, 5) is 4.09. The Morgan fingerprint density at radius 3 is 3.00 bits per heavy atom. The van der Waals surface area contributed by atoms with Crippen LogP contribution >= 0.6 is 11.5 Å². The Morgan fingerprint density at radius 2 is 2.31 bits per heavy atom. The predicted octanol–water partition coefficient (Wildman–Crippen LogP) is 1.22. The summed E-state index contributed by atoms with van der Waals surface area (Å²) in [6.07, 6.45) is 6.37. The lowest BCUT2D eigenvalue weighted by atomic mass is 9.91. The van der Waals surface area contributed by atoms with E-state index in [2.05, 4.69) is 14.7 Å². The topological polar surface area (TPSA) is 63.8 Å². The molecule has 1 aromatic heterocycles. The van der Waals surface area contributed by atoms with Crippen molar-refractivity contribution in [1.29, 1.82) is 0 Å². The van der Waals surface area contributed by atoms with Crippen LogP contribution in [0.2, 0.25) is 0 Å². The Balaban J connectivity index is 1.93. The van der Waals surface area contributed by atoms with E-state index in [4.69, 9.17) is 5.73 Å². The molecule has 1 saturated carbocycles. The molecular weight excluding hydrogens is 184 g/mol. The van der Waals surface area contributed by atoms with Crippen molar-refractivity contribution in [3.8, 4) is 0 Å². The summed E-state index contributed by atoms with van der Waals surface area (Å²) in [5, 5.41) is 4.22. The molecule has 0 radical (unpaired) electrons. The minimum absolute atomic E-state index is 0.276. The normalized spacial score (nSPS) is 28.7. The Labute approximate surface area is 81.7 Å². The van der Waals surface area contributed by atoms with Gasteiger partial charge in [-0.15, -0.1) is 0 Å². The maximum atomic E-state index is 5.99. The van der Waals surface area contributed by atoms with Gasteiger partial charge in [0.2, 0.25) is 5.13 Å². The molecule has 13 heavy (non-hydrogen) atoms. The van der Waals surface area contributed by atoms with Gasteiger partial charge in [0.05, 0.1) is 0 Å². The summed E-state index contributed by atoms with van der Waals surface area (Å²) in [7, 11) is 0. The molecule has 0 unspecified atom stereocenters. The highest BCUT2D eigenvalue weighted by Crippen LogP contribution is 2.21. The summed E-state index contributed by atoms with van der Waals surface area (Å²) in [6, 6.07) is 0.666. The van der Waals surface area contributed by atoms with Crippen LogP contribution in [-0.2, 0) is 0 Å². The van der Waals surface area contributed by atoms with Crippen molar-refractivity contribution in [1.82, 2.24) is 9.36 Å². The SMILES string of the molecule is N[C@@H]1CCCC[C@H]1Nc1ncns1. The molecule has 1 aliphatic carbocycles. The highest BCUT2D eigenvalue weighted by Gasteiger charge is 2.21. The first-order valence-corrected chi connectivity index (χ1v) is 5.42. The van der Waals surface area contributed by atoms with E-state index in [0.29, 0.717) is 6.04 Å². The van der Waals surface area contributed by atoms with Crippen LogP contribution in [0.4, 0.5) is 5.13 Å². The molecule has 1 aliphatic rings. The fourth-order valence-corrected chi connectivity index (χ4v) is 2.23. The molecule has 4 nitrogen and oxygen atoms in total. The molecule has 1 fully saturated rings. The summed E-state index contributed by atoms with van der Waals surface area (Å²) in [6.45, 7) is 0. The van der Waals surface area contributed by atoms with E-state index < -0.39 is 0 Å². The molecular formula is C8H14N4S. The third kappa shape index (κ3) is 2.16. The zero-order valence-corrected chi connectivity index (χ0v) is 8.26. The molecule has 2 atom stereocenters. The molecule has 0 aliphatic heterocycles. The Kier molecular flexibility index (Phi) is 2.75. The van der Waals surface area contributed by atoms with E-state index in [9.17, 15) is 0 Å². The van der Waals surface area contributed by atoms with Crippen LogP contribution in [0, 0.1) is 0 Å². The number of hydrogen-bond donors (Lipinski definition) is 2. The van der Waals surface area contributed by atoms with E-state index in [-0.39, 0.29) is 6.04 Å². The number of nitrogens with one attached hydrogen (secondary N) is 1. The fourth-order valence-electron chi connectivity index (χ4n) is 1.73. The number of nitrogens with zero attached hydrogens (tertiary/aromatic N) is 2. The molecule has 0 spiro atoms. The molecule has 1 aromatic rings. The van der Waals surface area contributed by atoms with Crippen LogP contribution < -0.4 is 11.1 Å². The lowest BCUT2D eigenvalue weighted by Gasteiger charge is -2.28. The van der Waals surface area contributed by atoms with Gasteiger partial charge in [-0.2, -0.15) is 4.37 Å². The zero-order chi connectivity index (χ0) is 9.10. The third-order valence-corrected chi connectivity index (χ3v) is 3.09. The van der Waals surface area contributed by atoms with Crippen LogP contribution in [0.25, 0.3) is 0 Å². The fraction of sp³-hybridized carbons (Fsp3) is 0.750. The average Bonchev–Trinajstić information content (AvgIpc) is 2.61. The number of aromatic nitrogens is 2. The smallest absolute Gasteiger partial charge is 0.202 e. The van der Waals surface area contributed by atoms with Gasteiger partial charge in [-0.3, -0.25) is 0 Å². The van der Waals surface area contributed by atoms with Gasteiger partial charge >= 0.3 is 0 Å². The van der Waals surface area contributed by atoms with Gasteiger partial charge in [-0.05, 0) is 12.8 Å². The first kappa shape index (κ1) is 8.90. The van der Waals surface area contributed by atoms with Crippen LogP contribution in [0.1, 0.15) is 25.7 Å². The van der Waals surface area contributed by atoms with E-state index in [1.54, 1.807) is 6.33 Å². The molecule has 2 rings (SSSR count). The first-order chi connectivity index (χ1) is 6.36. The highest BCUT2D eigenvalue weighted by atomic mass is 32.1. The van der Waals surface area contributed by atoms with Crippen molar-refractivity contribution in [3.63, 3.8) is 0 Å². The first-order valence-electron chi connectivity index (χ1n) is 4.65. The van der Waals surface area contributed by atoms with Gasteiger partial charge in [-0.25, -0.2) is 4.98 Å². The minimum Gasteiger partial charge on any atom is -0.356 e. The second kappa shape index (κ2) is 4.02. The molecule has 0 aromatic carbocycles. The van der Waals surface area contributed by atoms with Gasteiger partial charge in [0, 0.05) is 23.6 Å². The Hall–Kier alpha value is -0.680. The quantitative estimate of drug-likeness (QED) is 0.750. The predicted molar refractivity (Wildman–Crippen MR) is 53.8 cm³/mol. The largest absolute Gasteiger partial charge is 0.356 e. The Morgan fingerprint density at radius 1 is 1.46 bits per heavy atom. The maximum Gasteiger partial charge on any atom is 0.202 e. The minimum atomic E-state index is 0.276. The summed E-state index contributed by atoms with van der Waals surface area (Å²) < 4.78 is 3.94. The van der Waals surface area contributed by atoms with Crippen molar-refractivity contribution < 1.29 is 0 Å². The summed E-state index contributed by atoms with van der Waals surface area (Å²) in [5.74, 6) is 0. The standard InChI is InChI=1S/C8H14N4S/c9-6-3-1-2-4-7(6)12-8-10-5-11-13-8/h5-7H,1-4,9H2,(H,10,11,12)/t6-,7-/m1/s1. The van der Waals surface area contributed by atoms with Gasteiger partial charge < -0.3 is 11.1 Å². The monoisotopic (exact) mass is 198 g/mol. The van der Waals surface area contributed by atoms with Crippen LogP contribution in [0.5, 0.6) is 0 Å². The second-order valence-electron chi connectivity index (χ2n) is 3.45. The van der Waals surface area contributed by atoms with Gasteiger partial charge in [0.15, 0.2) is 0 Å². The van der Waals surface area contributed by atoms with Gasteiger partial charge in [0.25, 0.3) is 0 Å². The van der Waals surface area contributed by atoms with E-state index in [1.165, 1.54) is 24.4 Å². The Bertz CT molecular complexity index is 249. The molecule has 0 bridgehead atoms. The zero-order valence-electron chi connectivity index (χ0n) is 7.44. The maximum absolute atomic E-state index is 5.99. The molecule has 0 amide bonds. The second-order valence-corrected chi connectivity index (χ2v) is 4.23. The molecule has 72 valence electrons. The molecule has 3 N–H and O–H groups in total. The average molecular weight is 198 g/mol. The van der Waals surface area contributed by atoms with Crippen molar-refractivity contribution in [3.05, 3.63) is 6.33 Å². The van der Waals surface area contributed by atoms with Gasteiger partial charge in [0.1, 0.15) is 6.33 Å². The highest BCUT2D eigenvalue weighted by molar-refractivity contribution is 7.09. The van der Waals surface area contributed by atoms with Crippen molar-refractivity contribution >= 4 is 16.7 Å².